The van der Waals surface area contributed by atoms with Gasteiger partial charge in [-0.1, -0.05) is 20.8 Å². The van der Waals surface area contributed by atoms with E-state index in [9.17, 15) is 4.79 Å². The van der Waals surface area contributed by atoms with Crippen molar-refractivity contribution in [2.45, 2.75) is 52.5 Å². The Balaban J connectivity index is 2.47. The third-order valence-electron chi connectivity index (χ3n) is 3.69. The molecule has 1 heterocycles. The van der Waals surface area contributed by atoms with Gasteiger partial charge in [0.25, 0.3) is 0 Å². The highest BCUT2D eigenvalue weighted by Gasteiger charge is 2.27. The van der Waals surface area contributed by atoms with Gasteiger partial charge in [0.1, 0.15) is 0 Å². The van der Waals surface area contributed by atoms with Crippen LogP contribution < -0.4 is 5.32 Å². The second-order valence-corrected chi connectivity index (χ2v) is 6.30. The largest absolute Gasteiger partial charge is 0.481 e. The molecule has 112 valence electrons. The molecule has 19 heavy (non-hydrogen) atoms. The fourth-order valence-electron chi connectivity index (χ4n) is 3.00. The number of likely N-dealkylation sites (tertiary alicyclic amines) is 1. The molecule has 0 saturated carbocycles. The summed E-state index contributed by atoms with van der Waals surface area (Å²) in [5, 5.41) is 12.4. The Labute approximate surface area is 117 Å². The monoisotopic (exact) mass is 270 g/mol. The van der Waals surface area contributed by atoms with E-state index in [1.807, 2.05) is 0 Å². The van der Waals surface area contributed by atoms with Crippen LogP contribution in [-0.4, -0.2) is 48.2 Å². The Kier molecular flexibility index (Phi) is 7.39. The second kappa shape index (κ2) is 8.54. The number of carbonyl (C=O) groups is 1. The first kappa shape index (κ1) is 16.4. The quantitative estimate of drug-likeness (QED) is 0.710. The summed E-state index contributed by atoms with van der Waals surface area (Å²) in [5.74, 6) is 0.530. The Morgan fingerprint density at radius 2 is 2.16 bits per heavy atom. The molecule has 2 atom stereocenters. The summed E-state index contributed by atoms with van der Waals surface area (Å²) in [6, 6.07) is 0.534. The number of hydrogen-bond acceptors (Lipinski definition) is 3. The minimum absolute atomic E-state index is 0.306. The van der Waals surface area contributed by atoms with Crippen LogP contribution >= 0.6 is 0 Å². The molecule has 0 aliphatic carbocycles. The molecule has 1 fully saturated rings. The van der Waals surface area contributed by atoms with Gasteiger partial charge < -0.3 is 15.3 Å². The molecule has 0 spiro atoms. The predicted octanol–water partition coefficient (Wildman–Crippen LogP) is 2.20. The Bertz CT molecular complexity index is 269. The average Bonchev–Trinajstić information content (AvgIpc) is 2.33. The van der Waals surface area contributed by atoms with E-state index in [0.717, 1.165) is 45.4 Å². The zero-order chi connectivity index (χ0) is 14.3. The summed E-state index contributed by atoms with van der Waals surface area (Å²) in [4.78, 5) is 13.2. The van der Waals surface area contributed by atoms with Crippen LogP contribution in [0.3, 0.4) is 0 Å². The van der Waals surface area contributed by atoms with Crippen molar-refractivity contribution in [1.82, 2.24) is 10.2 Å². The molecule has 4 nitrogen and oxygen atoms in total. The van der Waals surface area contributed by atoms with Crippen LogP contribution in [0.25, 0.3) is 0 Å². The van der Waals surface area contributed by atoms with Gasteiger partial charge in [0.05, 0.1) is 0 Å². The van der Waals surface area contributed by atoms with Crippen LogP contribution in [0.1, 0.15) is 46.5 Å². The molecular weight excluding hydrogens is 240 g/mol. The highest BCUT2D eigenvalue weighted by Crippen LogP contribution is 2.22. The minimum Gasteiger partial charge on any atom is -0.481 e. The van der Waals surface area contributed by atoms with Crippen molar-refractivity contribution in [3.63, 3.8) is 0 Å². The van der Waals surface area contributed by atoms with E-state index in [4.69, 9.17) is 5.11 Å². The van der Waals surface area contributed by atoms with Crippen molar-refractivity contribution in [2.75, 3.05) is 26.2 Å². The lowest BCUT2D eigenvalue weighted by molar-refractivity contribution is -0.137. The van der Waals surface area contributed by atoms with Crippen LogP contribution in [0, 0.1) is 11.8 Å². The molecule has 1 rings (SSSR count). The molecular formula is C15H30N2O2. The van der Waals surface area contributed by atoms with Gasteiger partial charge in [0.2, 0.25) is 0 Å². The number of carboxylic acids is 1. The molecule has 0 aromatic carbocycles. The van der Waals surface area contributed by atoms with Gasteiger partial charge >= 0.3 is 5.97 Å². The normalized spacial score (nSPS) is 24.8. The summed E-state index contributed by atoms with van der Waals surface area (Å²) in [7, 11) is 0. The summed E-state index contributed by atoms with van der Waals surface area (Å²) < 4.78 is 0. The zero-order valence-electron chi connectivity index (χ0n) is 12.7. The molecule has 2 N–H and O–H groups in total. The maximum absolute atomic E-state index is 10.7. The van der Waals surface area contributed by atoms with Gasteiger partial charge in [-0.3, -0.25) is 4.79 Å². The van der Waals surface area contributed by atoms with E-state index in [0.29, 0.717) is 24.3 Å². The molecule has 0 bridgehead atoms. The Morgan fingerprint density at radius 1 is 1.42 bits per heavy atom. The van der Waals surface area contributed by atoms with Gasteiger partial charge in [-0.15, -0.1) is 0 Å². The number of nitrogens with one attached hydrogen (secondary N) is 1. The van der Waals surface area contributed by atoms with Gasteiger partial charge in [-0.25, -0.2) is 0 Å². The molecule has 2 unspecified atom stereocenters. The lowest BCUT2D eigenvalue weighted by Crippen LogP contribution is -2.50. The SMILES string of the molecule is CCCNC1CC(CCC(=O)O)CN(CC(C)C)C1. The van der Waals surface area contributed by atoms with Gasteiger partial charge in [0, 0.05) is 32.1 Å². The maximum atomic E-state index is 10.7. The van der Waals surface area contributed by atoms with Crippen molar-refractivity contribution < 1.29 is 9.90 Å². The number of carboxylic acid groups (broad SMARTS) is 1. The summed E-state index contributed by atoms with van der Waals surface area (Å²) in [6.07, 6.45) is 3.40. The van der Waals surface area contributed by atoms with Crippen LogP contribution in [0.2, 0.25) is 0 Å². The third kappa shape index (κ3) is 6.92. The predicted molar refractivity (Wildman–Crippen MR) is 78.3 cm³/mol. The van der Waals surface area contributed by atoms with Crippen molar-refractivity contribution in [3.8, 4) is 0 Å². The zero-order valence-corrected chi connectivity index (χ0v) is 12.7. The van der Waals surface area contributed by atoms with E-state index in [-0.39, 0.29) is 0 Å². The molecule has 1 aliphatic rings. The summed E-state index contributed by atoms with van der Waals surface area (Å²) in [6.45, 7) is 11.0. The first-order chi connectivity index (χ1) is 9.01. The lowest BCUT2D eigenvalue weighted by Gasteiger charge is -2.39. The van der Waals surface area contributed by atoms with E-state index in [2.05, 4.69) is 31.0 Å². The molecule has 0 amide bonds. The standard InChI is InChI=1S/C15H30N2O2/c1-4-7-16-14-8-13(5-6-15(18)19)10-17(11-14)9-12(2)3/h12-14,16H,4-11H2,1-3H3,(H,18,19). The van der Waals surface area contributed by atoms with E-state index in [1.165, 1.54) is 0 Å². The van der Waals surface area contributed by atoms with Gasteiger partial charge in [0.15, 0.2) is 0 Å². The van der Waals surface area contributed by atoms with Crippen molar-refractivity contribution in [1.29, 1.82) is 0 Å². The third-order valence-corrected chi connectivity index (χ3v) is 3.69. The maximum Gasteiger partial charge on any atom is 0.303 e. The number of rotatable bonds is 8. The number of piperidine rings is 1. The van der Waals surface area contributed by atoms with E-state index >= 15 is 0 Å². The molecule has 0 aromatic heterocycles. The fraction of sp³-hybridized carbons (Fsp3) is 0.933. The molecule has 1 saturated heterocycles. The van der Waals surface area contributed by atoms with Crippen molar-refractivity contribution >= 4 is 5.97 Å². The smallest absolute Gasteiger partial charge is 0.303 e. The highest BCUT2D eigenvalue weighted by molar-refractivity contribution is 5.66. The van der Waals surface area contributed by atoms with Crippen LogP contribution in [0.15, 0.2) is 0 Å². The lowest BCUT2D eigenvalue weighted by atomic mass is 9.89. The fourth-order valence-corrected chi connectivity index (χ4v) is 3.00. The van der Waals surface area contributed by atoms with E-state index in [1.54, 1.807) is 0 Å². The van der Waals surface area contributed by atoms with Crippen molar-refractivity contribution in [3.05, 3.63) is 0 Å². The first-order valence-corrected chi connectivity index (χ1v) is 7.68. The number of aliphatic carboxylic acids is 1. The van der Waals surface area contributed by atoms with Crippen molar-refractivity contribution in [2.24, 2.45) is 11.8 Å². The summed E-state index contributed by atoms with van der Waals surface area (Å²) in [5.41, 5.74) is 0. The number of nitrogens with zero attached hydrogens (tertiary/aromatic N) is 1. The molecule has 4 heteroatoms. The van der Waals surface area contributed by atoms with E-state index < -0.39 is 5.97 Å². The Morgan fingerprint density at radius 3 is 2.74 bits per heavy atom. The van der Waals surface area contributed by atoms with Crippen LogP contribution in [0.5, 0.6) is 0 Å². The molecule has 0 radical (unpaired) electrons. The highest BCUT2D eigenvalue weighted by atomic mass is 16.4. The Hall–Kier alpha value is -0.610. The first-order valence-electron chi connectivity index (χ1n) is 7.68. The van der Waals surface area contributed by atoms with Gasteiger partial charge in [-0.2, -0.15) is 0 Å². The summed E-state index contributed by atoms with van der Waals surface area (Å²) >= 11 is 0. The van der Waals surface area contributed by atoms with Gasteiger partial charge in [-0.05, 0) is 37.6 Å². The molecule has 0 aromatic rings. The second-order valence-electron chi connectivity index (χ2n) is 6.30. The average molecular weight is 270 g/mol. The van der Waals surface area contributed by atoms with Crippen LogP contribution in [-0.2, 0) is 4.79 Å². The molecule has 1 aliphatic heterocycles. The van der Waals surface area contributed by atoms with Crippen LogP contribution in [0.4, 0.5) is 0 Å². The number of hydrogen-bond donors (Lipinski definition) is 2. The minimum atomic E-state index is -0.668. The topological polar surface area (TPSA) is 52.6 Å².